The number of amides is 1. The summed E-state index contributed by atoms with van der Waals surface area (Å²) in [5, 5.41) is 5.03. The van der Waals surface area contributed by atoms with Gasteiger partial charge in [-0.05, 0) is 34.1 Å². The van der Waals surface area contributed by atoms with Crippen molar-refractivity contribution in [1.82, 2.24) is 4.90 Å². The molecule has 0 heterocycles. The van der Waals surface area contributed by atoms with Crippen LogP contribution in [0.2, 0.25) is 0 Å². The molecule has 24 heavy (non-hydrogen) atoms. The molecule has 1 amide bonds. The molecule has 130 valence electrons. The molecule has 2 N–H and O–H groups in total. The zero-order valence-electron chi connectivity index (χ0n) is 12.8. The van der Waals surface area contributed by atoms with E-state index in [4.69, 9.17) is 9.88 Å². The number of carbonyl (C=O) groups is 2. The van der Waals surface area contributed by atoms with E-state index in [1.54, 1.807) is 0 Å². The molecular formula is C15H17BrN2O5S. The number of hydrogen-bond donors (Lipinski definition) is 1. The second-order valence-corrected chi connectivity index (χ2v) is 7.05. The molecule has 0 saturated carbocycles. The highest BCUT2D eigenvalue weighted by Gasteiger charge is 2.19. The standard InChI is InChI=1S/C15H17BrN2O5S/c1-3-7-18(8-4-2)14(19)10-23-15(20)12-9-11(24(17,21)22)5-6-13(12)16/h3-6,9H,1-2,7-8,10H2,(H2,17,21,22). The fraction of sp³-hybridized carbons (Fsp3) is 0.200. The van der Waals surface area contributed by atoms with Crippen molar-refractivity contribution in [2.75, 3.05) is 19.7 Å². The maximum absolute atomic E-state index is 12.1. The van der Waals surface area contributed by atoms with E-state index in [2.05, 4.69) is 29.1 Å². The van der Waals surface area contributed by atoms with Gasteiger partial charge in [-0.1, -0.05) is 12.2 Å². The average Bonchev–Trinajstić information content (AvgIpc) is 2.51. The van der Waals surface area contributed by atoms with E-state index in [0.29, 0.717) is 4.47 Å². The van der Waals surface area contributed by atoms with E-state index in [-0.39, 0.29) is 23.5 Å². The number of hydrogen-bond acceptors (Lipinski definition) is 5. The number of esters is 1. The normalized spacial score (nSPS) is 10.8. The lowest BCUT2D eigenvalue weighted by Crippen LogP contribution is -2.35. The summed E-state index contributed by atoms with van der Waals surface area (Å²) in [7, 11) is -3.96. The Morgan fingerprint density at radius 2 is 1.83 bits per heavy atom. The van der Waals surface area contributed by atoms with E-state index < -0.39 is 28.5 Å². The number of primary sulfonamides is 1. The van der Waals surface area contributed by atoms with Crippen LogP contribution in [0.25, 0.3) is 0 Å². The third-order valence-electron chi connectivity index (χ3n) is 2.86. The van der Waals surface area contributed by atoms with E-state index in [0.717, 1.165) is 6.07 Å². The summed E-state index contributed by atoms with van der Waals surface area (Å²) in [5.41, 5.74) is -0.0479. The van der Waals surface area contributed by atoms with Crippen LogP contribution in [0.15, 0.2) is 52.9 Å². The predicted octanol–water partition coefficient (Wildman–Crippen LogP) is 1.45. The fourth-order valence-electron chi connectivity index (χ4n) is 1.72. The van der Waals surface area contributed by atoms with Crippen LogP contribution >= 0.6 is 15.9 Å². The lowest BCUT2D eigenvalue weighted by atomic mass is 10.2. The molecule has 9 heteroatoms. The molecule has 1 rings (SSSR count). The Kier molecular flexibility index (Phi) is 7.33. The first-order valence-corrected chi connectivity index (χ1v) is 9.03. The van der Waals surface area contributed by atoms with Crippen molar-refractivity contribution in [3.8, 4) is 0 Å². The molecule has 0 spiro atoms. The zero-order chi connectivity index (χ0) is 18.3. The van der Waals surface area contributed by atoms with Crippen LogP contribution in [0.1, 0.15) is 10.4 Å². The molecule has 0 aliphatic heterocycles. The van der Waals surface area contributed by atoms with Crippen LogP contribution < -0.4 is 5.14 Å². The number of benzene rings is 1. The zero-order valence-corrected chi connectivity index (χ0v) is 15.2. The Balaban J connectivity index is 2.87. The summed E-state index contributed by atoms with van der Waals surface area (Å²) >= 11 is 3.13. The van der Waals surface area contributed by atoms with Crippen LogP contribution in [0, 0.1) is 0 Å². The van der Waals surface area contributed by atoms with Gasteiger partial charge in [-0.15, -0.1) is 13.2 Å². The third kappa shape index (κ3) is 5.59. The summed E-state index contributed by atoms with van der Waals surface area (Å²) < 4.78 is 28.0. The molecule has 1 aromatic carbocycles. The highest BCUT2D eigenvalue weighted by atomic mass is 79.9. The van der Waals surface area contributed by atoms with Crippen molar-refractivity contribution in [3.63, 3.8) is 0 Å². The van der Waals surface area contributed by atoms with Crippen molar-refractivity contribution in [1.29, 1.82) is 0 Å². The second-order valence-electron chi connectivity index (χ2n) is 4.64. The molecule has 0 aliphatic carbocycles. The monoisotopic (exact) mass is 416 g/mol. The molecular weight excluding hydrogens is 400 g/mol. The number of ether oxygens (including phenoxy) is 1. The quantitative estimate of drug-likeness (QED) is 0.509. The van der Waals surface area contributed by atoms with Crippen molar-refractivity contribution in [2.24, 2.45) is 5.14 Å². The first-order valence-electron chi connectivity index (χ1n) is 6.69. The van der Waals surface area contributed by atoms with Gasteiger partial charge in [-0.2, -0.15) is 0 Å². The maximum Gasteiger partial charge on any atom is 0.339 e. The highest BCUT2D eigenvalue weighted by molar-refractivity contribution is 9.10. The average molecular weight is 417 g/mol. The minimum Gasteiger partial charge on any atom is -0.452 e. The lowest BCUT2D eigenvalue weighted by molar-refractivity contribution is -0.133. The van der Waals surface area contributed by atoms with Gasteiger partial charge in [0.2, 0.25) is 10.0 Å². The van der Waals surface area contributed by atoms with Crippen LogP contribution in [0.3, 0.4) is 0 Å². The van der Waals surface area contributed by atoms with E-state index in [9.17, 15) is 18.0 Å². The van der Waals surface area contributed by atoms with Gasteiger partial charge >= 0.3 is 5.97 Å². The topological polar surface area (TPSA) is 107 Å². The Morgan fingerprint density at radius 3 is 2.33 bits per heavy atom. The number of sulfonamides is 1. The number of rotatable bonds is 8. The van der Waals surface area contributed by atoms with Crippen molar-refractivity contribution in [3.05, 3.63) is 53.5 Å². The van der Waals surface area contributed by atoms with Crippen LogP contribution in [0.5, 0.6) is 0 Å². The SMILES string of the molecule is C=CCN(CC=C)C(=O)COC(=O)c1cc(S(N)(=O)=O)ccc1Br. The highest BCUT2D eigenvalue weighted by Crippen LogP contribution is 2.21. The number of nitrogens with two attached hydrogens (primary N) is 1. The molecule has 0 aromatic heterocycles. The molecule has 0 radical (unpaired) electrons. The first kappa shape index (κ1) is 20.1. The smallest absolute Gasteiger partial charge is 0.339 e. The maximum atomic E-state index is 12.1. The fourth-order valence-corrected chi connectivity index (χ4v) is 2.67. The van der Waals surface area contributed by atoms with Crippen molar-refractivity contribution >= 4 is 37.8 Å². The summed E-state index contributed by atoms with van der Waals surface area (Å²) in [6, 6.07) is 3.69. The Hall–Kier alpha value is -1.97. The molecule has 0 fully saturated rings. The minimum atomic E-state index is -3.96. The Bertz CT molecular complexity index is 751. The van der Waals surface area contributed by atoms with Gasteiger partial charge < -0.3 is 9.64 Å². The lowest BCUT2D eigenvalue weighted by Gasteiger charge is -2.19. The van der Waals surface area contributed by atoms with Crippen molar-refractivity contribution in [2.45, 2.75) is 4.90 Å². The van der Waals surface area contributed by atoms with Crippen LogP contribution in [-0.2, 0) is 19.6 Å². The summed E-state index contributed by atoms with van der Waals surface area (Å²) in [6.45, 7) is 7.16. The minimum absolute atomic E-state index is 0.0479. The molecule has 7 nitrogen and oxygen atoms in total. The Morgan fingerprint density at radius 1 is 1.25 bits per heavy atom. The summed E-state index contributed by atoms with van der Waals surface area (Å²) in [6.07, 6.45) is 3.07. The number of carbonyl (C=O) groups excluding carboxylic acids is 2. The van der Waals surface area contributed by atoms with Gasteiger partial charge in [0.15, 0.2) is 6.61 Å². The van der Waals surface area contributed by atoms with Crippen molar-refractivity contribution < 1.29 is 22.7 Å². The second kappa shape index (κ2) is 8.76. The third-order valence-corrected chi connectivity index (χ3v) is 4.47. The first-order chi connectivity index (χ1) is 11.2. The summed E-state index contributed by atoms with van der Waals surface area (Å²) in [4.78, 5) is 25.2. The van der Waals surface area contributed by atoms with Gasteiger partial charge in [0, 0.05) is 17.6 Å². The Labute approximate surface area is 149 Å². The van der Waals surface area contributed by atoms with E-state index in [1.807, 2.05) is 0 Å². The predicted molar refractivity (Wildman–Crippen MR) is 92.8 cm³/mol. The van der Waals surface area contributed by atoms with Crippen LogP contribution in [0.4, 0.5) is 0 Å². The molecule has 1 aromatic rings. The van der Waals surface area contributed by atoms with E-state index in [1.165, 1.54) is 29.2 Å². The molecule has 0 unspecified atom stereocenters. The van der Waals surface area contributed by atoms with Gasteiger partial charge in [0.1, 0.15) is 0 Å². The molecule has 0 aliphatic rings. The van der Waals surface area contributed by atoms with Crippen LogP contribution in [-0.4, -0.2) is 44.9 Å². The van der Waals surface area contributed by atoms with E-state index >= 15 is 0 Å². The van der Waals surface area contributed by atoms with Gasteiger partial charge in [0.05, 0.1) is 10.5 Å². The number of halogens is 1. The molecule has 0 atom stereocenters. The number of nitrogens with zero attached hydrogens (tertiary/aromatic N) is 1. The van der Waals surface area contributed by atoms with Gasteiger partial charge in [0.25, 0.3) is 5.91 Å². The molecule has 0 saturated heterocycles. The van der Waals surface area contributed by atoms with Gasteiger partial charge in [-0.25, -0.2) is 18.4 Å². The molecule has 0 bridgehead atoms. The summed E-state index contributed by atoms with van der Waals surface area (Å²) in [5.74, 6) is -1.28. The van der Waals surface area contributed by atoms with Gasteiger partial charge in [-0.3, -0.25) is 4.79 Å². The largest absolute Gasteiger partial charge is 0.452 e.